The molecular formula is C34H32F3N3O5. The topological polar surface area (TPSA) is 117 Å². The molecule has 0 N–H and O–H groups in total. The molecule has 2 aromatic rings. The average molecular weight is 620 g/mol. The summed E-state index contributed by atoms with van der Waals surface area (Å²) in [5.41, 5.74) is -2.13. The number of carbonyl (C=O) groups excluding carboxylic acids is 3. The van der Waals surface area contributed by atoms with Crippen LogP contribution in [-0.2, 0) is 9.59 Å². The van der Waals surface area contributed by atoms with Crippen LogP contribution in [-0.4, -0.2) is 38.3 Å². The Morgan fingerprint density at radius 2 is 1.67 bits per heavy atom. The van der Waals surface area contributed by atoms with E-state index < -0.39 is 51.4 Å². The molecule has 2 saturated heterocycles. The normalized spacial score (nSPS) is 14.7. The summed E-state index contributed by atoms with van der Waals surface area (Å²) >= 11 is 0. The van der Waals surface area contributed by atoms with Gasteiger partial charge in [0.25, 0.3) is 0 Å². The Hall–Kier alpha value is -4.94. The summed E-state index contributed by atoms with van der Waals surface area (Å²) in [7, 11) is 0. The fourth-order valence-corrected chi connectivity index (χ4v) is 5.73. The minimum Gasteiger partial charge on any atom is -0.545 e. The molecule has 0 bridgehead atoms. The second kappa shape index (κ2) is 12.6. The molecule has 0 aromatic heterocycles. The molecule has 0 radical (unpaired) electrons. The lowest BCUT2D eigenvalue weighted by molar-refractivity contribution is -0.255. The molecule has 11 heteroatoms. The van der Waals surface area contributed by atoms with Crippen LogP contribution >= 0.6 is 0 Å². The Labute approximate surface area is 258 Å². The van der Waals surface area contributed by atoms with Crippen LogP contribution in [0.15, 0.2) is 40.8 Å². The SMILES string of the molecule is C.CC(C)(C)C(C#N)c1c(F)c(F)c(C(=O)[O-])c(-c2c3ccc(=[N+]4CCC4)cc-3oc3cc(N4CCC4)ccc23)c1F.O=C=O. The second-order valence-electron chi connectivity index (χ2n) is 11.9. The number of fused-ring (bicyclic) bond motifs is 2. The van der Waals surface area contributed by atoms with Crippen molar-refractivity contribution in [3.63, 3.8) is 0 Å². The number of carboxylic acid groups (broad SMARTS) is 1. The number of rotatable bonds is 4. The van der Waals surface area contributed by atoms with E-state index in [1.165, 1.54) is 0 Å². The molecule has 3 heterocycles. The largest absolute Gasteiger partial charge is 0.545 e. The number of nitriles is 1. The van der Waals surface area contributed by atoms with Crippen LogP contribution in [0.25, 0.3) is 33.4 Å². The van der Waals surface area contributed by atoms with Crippen molar-refractivity contribution in [1.29, 1.82) is 5.26 Å². The van der Waals surface area contributed by atoms with Crippen molar-refractivity contribution in [3.05, 3.63) is 70.3 Å². The molecule has 8 nitrogen and oxygen atoms in total. The molecule has 0 amide bonds. The number of carbonyl (C=O) groups is 1. The molecular weight excluding hydrogens is 587 g/mol. The molecule has 234 valence electrons. The lowest BCUT2D eigenvalue weighted by atomic mass is 9.75. The number of carboxylic acids is 1. The minimum absolute atomic E-state index is 0. The third-order valence-electron chi connectivity index (χ3n) is 8.22. The van der Waals surface area contributed by atoms with Gasteiger partial charge in [0.15, 0.2) is 11.6 Å². The predicted molar refractivity (Wildman–Crippen MR) is 158 cm³/mol. The van der Waals surface area contributed by atoms with E-state index in [9.17, 15) is 15.2 Å². The fraction of sp³-hybridized carbons (Fsp3) is 0.353. The van der Waals surface area contributed by atoms with Crippen LogP contribution in [0.5, 0.6) is 0 Å². The first-order valence-electron chi connectivity index (χ1n) is 14.1. The molecule has 1 unspecified atom stereocenters. The van der Waals surface area contributed by atoms with Crippen LogP contribution in [0.4, 0.5) is 18.9 Å². The first-order valence-corrected chi connectivity index (χ1v) is 14.1. The highest BCUT2D eigenvalue weighted by Gasteiger charge is 2.38. The van der Waals surface area contributed by atoms with Crippen LogP contribution in [0, 0.1) is 34.2 Å². The molecule has 6 rings (SSSR count). The van der Waals surface area contributed by atoms with Crippen molar-refractivity contribution in [2.24, 2.45) is 5.41 Å². The van der Waals surface area contributed by atoms with Gasteiger partial charge in [-0.2, -0.15) is 14.9 Å². The molecule has 2 fully saturated rings. The third kappa shape index (κ3) is 5.69. The van der Waals surface area contributed by atoms with Gasteiger partial charge in [0, 0.05) is 64.1 Å². The highest BCUT2D eigenvalue weighted by Crippen LogP contribution is 2.47. The number of anilines is 1. The number of hydrogen-bond donors (Lipinski definition) is 0. The van der Waals surface area contributed by atoms with Gasteiger partial charge in [0.2, 0.25) is 5.36 Å². The number of hydrogen-bond acceptors (Lipinski definition) is 7. The molecule has 3 aliphatic heterocycles. The molecule has 0 saturated carbocycles. The summed E-state index contributed by atoms with van der Waals surface area (Å²) in [5.74, 6) is -7.92. The van der Waals surface area contributed by atoms with E-state index in [2.05, 4.69) is 9.48 Å². The Kier molecular flexibility index (Phi) is 9.22. The van der Waals surface area contributed by atoms with E-state index in [1.807, 2.05) is 18.2 Å². The van der Waals surface area contributed by atoms with Crippen molar-refractivity contribution in [2.45, 2.75) is 47.0 Å². The first kappa shape index (κ1) is 33.0. The Morgan fingerprint density at radius 3 is 2.18 bits per heavy atom. The lowest BCUT2D eigenvalue weighted by Crippen LogP contribution is -2.40. The van der Waals surface area contributed by atoms with Gasteiger partial charge in [-0.1, -0.05) is 28.2 Å². The molecule has 1 aliphatic carbocycles. The third-order valence-corrected chi connectivity index (χ3v) is 8.22. The van der Waals surface area contributed by atoms with Crippen molar-refractivity contribution >= 4 is 28.8 Å². The molecule has 2 aromatic carbocycles. The molecule has 0 spiro atoms. The standard InChI is InChI=1S/C32H28F3N3O3.CO2.CH4/c1-32(2,3)21(16-36)25-28(33)26(27(31(39)40)30(35)29(25)34)24-19-8-6-17(37-10-4-11-37)14-22(19)41-23-15-18(7-9-20(23)24)38-12-5-13-38;2-1-3;/h6-9,14-15,21H,4-5,10-13H2,1-3H3;;1H4. The monoisotopic (exact) mass is 619 g/mol. The zero-order valence-corrected chi connectivity index (χ0v) is 24.3. The van der Waals surface area contributed by atoms with Gasteiger partial charge in [-0.05, 0) is 30.0 Å². The summed E-state index contributed by atoms with van der Waals surface area (Å²) in [6, 6.07) is 12.4. The Bertz CT molecular complexity index is 1920. The van der Waals surface area contributed by atoms with Gasteiger partial charge in [0.1, 0.15) is 30.3 Å². The van der Waals surface area contributed by atoms with Gasteiger partial charge in [-0.15, -0.1) is 0 Å². The van der Waals surface area contributed by atoms with Crippen molar-refractivity contribution < 1.29 is 37.1 Å². The zero-order chi connectivity index (χ0) is 31.9. The smallest absolute Gasteiger partial charge is 0.373 e. The van der Waals surface area contributed by atoms with Gasteiger partial charge < -0.3 is 19.2 Å². The first-order chi connectivity index (χ1) is 20.9. The van der Waals surface area contributed by atoms with E-state index in [-0.39, 0.29) is 19.1 Å². The van der Waals surface area contributed by atoms with Crippen molar-refractivity contribution in [1.82, 2.24) is 4.58 Å². The minimum atomic E-state index is -2.07. The lowest BCUT2D eigenvalue weighted by Gasteiger charge is -2.33. The molecule has 4 aliphatic rings. The van der Waals surface area contributed by atoms with Gasteiger partial charge in [-0.3, -0.25) is 0 Å². The van der Waals surface area contributed by atoms with Gasteiger partial charge in [0.05, 0.1) is 30.4 Å². The summed E-state index contributed by atoms with van der Waals surface area (Å²) in [4.78, 5) is 30.7. The van der Waals surface area contributed by atoms with Gasteiger partial charge >= 0.3 is 6.15 Å². The van der Waals surface area contributed by atoms with Crippen molar-refractivity contribution in [2.75, 3.05) is 31.1 Å². The van der Waals surface area contributed by atoms with E-state index in [0.29, 0.717) is 22.3 Å². The van der Waals surface area contributed by atoms with Gasteiger partial charge in [-0.25, -0.2) is 17.7 Å². The van der Waals surface area contributed by atoms with E-state index in [1.54, 1.807) is 45.0 Å². The molecule has 45 heavy (non-hydrogen) atoms. The van der Waals surface area contributed by atoms with Crippen LogP contribution in [0.1, 0.15) is 62.9 Å². The highest BCUT2D eigenvalue weighted by atomic mass is 19.2. The Balaban J connectivity index is 0.00000111. The summed E-state index contributed by atoms with van der Waals surface area (Å²) < 4.78 is 56.3. The fourth-order valence-electron chi connectivity index (χ4n) is 5.73. The van der Waals surface area contributed by atoms with E-state index >= 15 is 13.2 Å². The Morgan fingerprint density at radius 1 is 1.00 bits per heavy atom. The zero-order valence-electron chi connectivity index (χ0n) is 24.3. The maximum atomic E-state index is 16.7. The van der Waals surface area contributed by atoms with Crippen LogP contribution in [0.3, 0.4) is 0 Å². The van der Waals surface area contributed by atoms with E-state index in [0.717, 1.165) is 50.1 Å². The highest BCUT2D eigenvalue weighted by molar-refractivity contribution is 6.08. The maximum absolute atomic E-state index is 16.7. The quantitative estimate of drug-likeness (QED) is 0.178. The summed E-state index contributed by atoms with van der Waals surface area (Å²) in [6.45, 7) is 8.26. The second-order valence-corrected chi connectivity index (χ2v) is 11.9. The number of halogens is 3. The predicted octanol–water partition coefficient (Wildman–Crippen LogP) is 5.08. The number of nitrogens with zero attached hydrogens (tertiary/aromatic N) is 3. The maximum Gasteiger partial charge on any atom is 0.373 e. The summed E-state index contributed by atoms with van der Waals surface area (Å²) in [6.07, 6.45) is 2.34. The van der Waals surface area contributed by atoms with E-state index in [4.69, 9.17) is 14.0 Å². The number of benzene rings is 3. The number of aromatic carboxylic acids is 1. The average Bonchev–Trinajstić information content (AvgIpc) is 2.89. The molecule has 1 atom stereocenters. The van der Waals surface area contributed by atoms with Crippen LogP contribution < -0.4 is 19.9 Å². The van der Waals surface area contributed by atoms with Crippen molar-refractivity contribution in [3.8, 4) is 28.5 Å². The summed E-state index contributed by atoms with van der Waals surface area (Å²) in [5, 5.41) is 23.4. The van der Waals surface area contributed by atoms with Crippen LogP contribution in [0.2, 0.25) is 0 Å².